The highest BCUT2D eigenvalue weighted by Gasteiger charge is 2.21. The van der Waals surface area contributed by atoms with Crippen LogP contribution in [0.3, 0.4) is 0 Å². The monoisotopic (exact) mass is 447 g/mol. The first-order chi connectivity index (χ1) is 16.7. The van der Waals surface area contributed by atoms with E-state index in [0.29, 0.717) is 12.1 Å². The fourth-order valence-corrected chi connectivity index (χ4v) is 4.01. The van der Waals surface area contributed by atoms with E-state index in [1.54, 1.807) is 12.4 Å². The molecule has 2 heterocycles. The topological polar surface area (TPSA) is 67.3 Å². The Labute approximate surface area is 198 Å². The number of nitrogens with zero attached hydrogens (tertiary/aromatic N) is 2. The summed E-state index contributed by atoms with van der Waals surface area (Å²) in [6.07, 6.45) is 3.46. The Hall–Kier alpha value is -4.38. The number of ether oxygens (including phenoxy) is 1. The molecule has 5 nitrogen and oxygen atoms in total. The molecule has 0 spiro atoms. The molecule has 0 bridgehead atoms. The molecule has 3 aromatic carbocycles. The maximum absolute atomic E-state index is 11.2. The van der Waals surface area contributed by atoms with Crippen molar-refractivity contribution in [3.05, 3.63) is 126 Å². The fourth-order valence-electron chi connectivity index (χ4n) is 4.01. The van der Waals surface area contributed by atoms with Crippen molar-refractivity contribution in [1.82, 2.24) is 9.97 Å². The minimum Gasteiger partial charge on any atom is -0.505 e. The molecular weight excluding hydrogens is 422 g/mol. The molecule has 0 aliphatic rings. The number of aromatic nitrogens is 2. The molecule has 2 aromatic heterocycles. The van der Waals surface area contributed by atoms with Gasteiger partial charge in [0.15, 0.2) is 0 Å². The van der Waals surface area contributed by atoms with Crippen molar-refractivity contribution in [2.24, 2.45) is 0 Å². The van der Waals surface area contributed by atoms with E-state index in [-0.39, 0.29) is 11.8 Å². The number of aromatic hydroxyl groups is 1. The van der Waals surface area contributed by atoms with Crippen LogP contribution in [0.2, 0.25) is 0 Å². The first-order valence-corrected chi connectivity index (χ1v) is 11.2. The molecule has 0 amide bonds. The molecular formula is C29H25N3O2. The van der Waals surface area contributed by atoms with E-state index < -0.39 is 0 Å². The quantitative estimate of drug-likeness (QED) is 0.301. The summed E-state index contributed by atoms with van der Waals surface area (Å²) in [6.45, 7) is 2.50. The van der Waals surface area contributed by atoms with Gasteiger partial charge in [-0.1, -0.05) is 60.7 Å². The summed E-state index contributed by atoms with van der Waals surface area (Å²) in [4.78, 5) is 8.88. The Morgan fingerprint density at radius 2 is 1.74 bits per heavy atom. The van der Waals surface area contributed by atoms with Crippen molar-refractivity contribution in [2.75, 3.05) is 5.32 Å². The standard InChI is InChI=1S/C29H25N3O2/c1-20-14-16-30-26(17-20)32-27(25-13-12-22-10-6-15-31-28(22)29(25)33)23-9-5-11-24(18-23)34-19-21-7-3-2-4-8-21/h2-18,27,33H,19H2,1H3,(H,30,32). The molecule has 1 atom stereocenters. The van der Waals surface area contributed by atoms with Gasteiger partial charge in [0.2, 0.25) is 0 Å². The van der Waals surface area contributed by atoms with Crippen LogP contribution in [0, 0.1) is 6.92 Å². The maximum Gasteiger partial charge on any atom is 0.147 e. The lowest BCUT2D eigenvalue weighted by molar-refractivity contribution is 0.306. The fraction of sp³-hybridized carbons (Fsp3) is 0.103. The number of aryl methyl sites for hydroxylation is 1. The van der Waals surface area contributed by atoms with E-state index in [2.05, 4.69) is 15.3 Å². The van der Waals surface area contributed by atoms with E-state index in [1.807, 2.05) is 97.9 Å². The van der Waals surface area contributed by atoms with Crippen LogP contribution in [0.5, 0.6) is 11.5 Å². The summed E-state index contributed by atoms with van der Waals surface area (Å²) in [5, 5.41) is 15.6. The summed E-state index contributed by atoms with van der Waals surface area (Å²) in [6, 6.07) is 29.3. The van der Waals surface area contributed by atoms with Crippen molar-refractivity contribution in [3.8, 4) is 11.5 Å². The molecule has 0 saturated heterocycles. The summed E-state index contributed by atoms with van der Waals surface area (Å²) in [5.41, 5.74) is 4.43. The number of pyridine rings is 2. The third kappa shape index (κ3) is 4.69. The SMILES string of the molecule is Cc1ccnc(NC(c2cccc(OCc3ccccc3)c2)c2ccc3cccnc3c2O)c1. The molecule has 0 radical (unpaired) electrons. The average molecular weight is 448 g/mol. The van der Waals surface area contributed by atoms with Gasteiger partial charge in [0.25, 0.3) is 0 Å². The smallest absolute Gasteiger partial charge is 0.147 e. The highest BCUT2D eigenvalue weighted by molar-refractivity contribution is 5.86. The normalized spacial score (nSPS) is 11.8. The van der Waals surface area contributed by atoms with Crippen molar-refractivity contribution in [1.29, 1.82) is 0 Å². The van der Waals surface area contributed by atoms with Crippen LogP contribution in [-0.4, -0.2) is 15.1 Å². The van der Waals surface area contributed by atoms with Gasteiger partial charge in [-0.3, -0.25) is 4.98 Å². The van der Waals surface area contributed by atoms with E-state index in [0.717, 1.165) is 39.2 Å². The van der Waals surface area contributed by atoms with Gasteiger partial charge in [-0.2, -0.15) is 0 Å². The number of nitrogens with one attached hydrogen (secondary N) is 1. The van der Waals surface area contributed by atoms with Crippen molar-refractivity contribution >= 4 is 16.7 Å². The average Bonchev–Trinajstić information content (AvgIpc) is 2.88. The van der Waals surface area contributed by atoms with Gasteiger partial charge in [0.05, 0.1) is 6.04 Å². The number of benzene rings is 3. The van der Waals surface area contributed by atoms with Crippen molar-refractivity contribution < 1.29 is 9.84 Å². The highest BCUT2D eigenvalue weighted by Crippen LogP contribution is 2.37. The molecule has 5 aromatic rings. The Kier molecular flexibility index (Phi) is 6.08. The first-order valence-electron chi connectivity index (χ1n) is 11.2. The van der Waals surface area contributed by atoms with Gasteiger partial charge in [-0.25, -0.2) is 4.98 Å². The first kappa shape index (κ1) is 21.5. The maximum atomic E-state index is 11.2. The van der Waals surface area contributed by atoms with Gasteiger partial charge in [0, 0.05) is 23.3 Å². The zero-order chi connectivity index (χ0) is 23.3. The Morgan fingerprint density at radius 1 is 0.853 bits per heavy atom. The van der Waals surface area contributed by atoms with Gasteiger partial charge in [-0.05, 0) is 53.9 Å². The summed E-state index contributed by atoms with van der Waals surface area (Å²) < 4.78 is 6.07. The predicted molar refractivity (Wildman–Crippen MR) is 135 cm³/mol. The molecule has 168 valence electrons. The lowest BCUT2D eigenvalue weighted by Gasteiger charge is -2.23. The predicted octanol–water partition coefficient (Wildman–Crippen LogP) is 6.42. The molecule has 34 heavy (non-hydrogen) atoms. The molecule has 0 aliphatic carbocycles. The van der Waals surface area contributed by atoms with Gasteiger partial charge >= 0.3 is 0 Å². The second-order valence-electron chi connectivity index (χ2n) is 8.22. The molecule has 0 aliphatic heterocycles. The number of phenols is 1. The second kappa shape index (κ2) is 9.63. The van der Waals surface area contributed by atoms with Crippen LogP contribution in [0.15, 0.2) is 103 Å². The van der Waals surface area contributed by atoms with Gasteiger partial charge < -0.3 is 15.2 Å². The highest BCUT2D eigenvalue weighted by atomic mass is 16.5. The third-order valence-electron chi connectivity index (χ3n) is 5.74. The number of hydrogen-bond acceptors (Lipinski definition) is 5. The number of anilines is 1. The van der Waals surface area contributed by atoms with E-state index >= 15 is 0 Å². The number of fused-ring (bicyclic) bond motifs is 1. The summed E-state index contributed by atoms with van der Waals surface area (Å²) in [5.74, 6) is 1.63. The van der Waals surface area contributed by atoms with Crippen molar-refractivity contribution in [2.45, 2.75) is 19.6 Å². The number of rotatable bonds is 7. The minimum absolute atomic E-state index is 0.152. The third-order valence-corrected chi connectivity index (χ3v) is 5.74. The zero-order valence-corrected chi connectivity index (χ0v) is 18.8. The molecule has 2 N–H and O–H groups in total. The summed E-state index contributed by atoms with van der Waals surface area (Å²) >= 11 is 0. The van der Waals surface area contributed by atoms with Crippen LogP contribution in [0.25, 0.3) is 10.9 Å². The summed E-state index contributed by atoms with van der Waals surface area (Å²) in [7, 11) is 0. The van der Waals surface area contributed by atoms with Crippen LogP contribution in [-0.2, 0) is 6.61 Å². The zero-order valence-electron chi connectivity index (χ0n) is 18.8. The van der Waals surface area contributed by atoms with Crippen LogP contribution in [0.4, 0.5) is 5.82 Å². The van der Waals surface area contributed by atoms with E-state index in [9.17, 15) is 5.11 Å². The van der Waals surface area contributed by atoms with E-state index in [4.69, 9.17) is 4.74 Å². The molecule has 0 saturated carbocycles. The van der Waals surface area contributed by atoms with Crippen molar-refractivity contribution in [3.63, 3.8) is 0 Å². The van der Waals surface area contributed by atoms with Crippen LogP contribution < -0.4 is 10.1 Å². The Balaban J connectivity index is 1.53. The molecule has 1 unspecified atom stereocenters. The minimum atomic E-state index is -0.360. The molecule has 0 fully saturated rings. The molecule has 5 rings (SSSR count). The lowest BCUT2D eigenvalue weighted by Crippen LogP contribution is -2.14. The Bertz CT molecular complexity index is 1420. The largest absolute Gasteiger partial charge is 0.505 e. The van der Waals surface area contributed by atoms with E-state index in [1.165, 1.54) is 0 Å². The van der Waals surface area contributed by atoms with Gasteiger partial charge in [0.1, 0.15) is 29.4 Å². The van der Waals surface area contributed by atoms with Crippen LogP contribution in [0.1, 0.15) is 28.3 Å². The molecule has 5 heteroatoms. The number of hydrogen-bond donors (Lipinski definition) is 2. The van der Waals surface area contributed by atoms with Gasteiger partial charge in [-0.15, -0.1) is 0 Å². The second-order valence-corrected chi connectivity index (χ2v) is 8.22. The number of phenolic OH excluding ortho intramolecular Hbond substituents is 1. The Morgan fingerprint density at radius 3 is 2.59 bits per heavy atom. The van der Waals surface area contributed by atoms with Crippen LogP contribution >= 0.6 is 0 Å². The lowest BCUT2D eigenvalue weighted by atomic mass is 9.96.